The van der Waals surface area contributed by atoms with Crippen LogP contribution in [0.4, 0.5) is 0 Å². The summed E-state index contributed by atoms with van der Waals surface area (Å²) in [7, 11) is 3.03. The first-order chi connectivity index (χ1) is 17.9. The second-order valence-electron chi connectivity index (χ2n) is 11.7. The van der Waals surface area contributed by atoms with Gasteiger partial charge in [0, 0.05) is 38.4 Å². The molecular formula is C27H45NO10. The first kappa shape index (κ1) is 29.8. The molecule has 0 aromatic rings. The van der Waals surface area contributed by atoms with Crippen molar-refractivity contribution in [2.24, 2.45) is 11.3 Å². The van der Waals surface area contributed by atoms with Gasteiger partial charge in [0.05, 0.1) is 24.4 Å². The quantitative estimate of drug-likeness (QED) is 0.407. The van der Waals surface area contributed by atoms with E-state index >= 15 is 0 Å². The van der Waals surface area contributed by atoms with Crippen LogP contribution in [0.5, 0.6) is 0 Å². The standard InChI is InChI=1S/C27H45NO10/c1-14-12-27(33-7,38-16(3)15(14)2)22(30)24(31)28-25-21-20(34-13-35-25)23(32-6)26(4,5)18(37-21)11-17-9-8-10-19(29)36-17/h15-23,25,29-30H,1,8-13H2,2-7H3,(H,28,31). The molecule has 11 heteroatoms. The van der Waals surface area contributed by atoms with Gasteiger partial charge in [0.15, 0.2) is 18.6 Å². The van der Waals surface area contributed by atoms with Crippen molar-refractivity contribution in [3.05, 3.63) is 12.2 Å². The van der Waals surface area contributed by atoms with E-state index in [1.165, 1.54) is 7.11 Å². The molecule has 11 nitrogen and oxygen atoms in total. The molecule has 0 saturated carbocycles. The van der Waals surface area contributed by atoms with E-state index in [9.17, 15) is 15.0 Å². The molecule has 4 fully saturated rings. The summed E-state index contributed by atoms with van der Waals surface area (Å²) in [6.45, 7) is 12.0. The van der Waals surface area contributed by atoms with E-state index in [4.69, 9.17) is 33.2 Å². The molecule has 0 radical (unpaired) electrons. The molecule has 11 atom stereocenters. The predicted octanol–water partition coefficient (Wildman–Crippen LogP) is 1.59. The first-order valence-electron chi connectivity index (χ1n) is 13.6. The van der Waals surface area contributed by atoms with E-state index in [1.807, 2.05) is 13.8 Å². The number of fused-ring (bicyclic) bond motifs is 1. The SMILES string of the molecule is C=C1CC(OC)(C(O)C(=O)NC2OCOC3C2OC(CC2CCCC(O)O2)C(C)(C)C3OC)OC(C)C1C. The molecule has 4 saturated heterocycles. The van der Waals surface area contributed by atoms with E-state index in [-0.39, 0.29) is 43.5 Å². The van der Waals surface area contributed by atoms with Gasteiger partial charge in [-0.1, -0.05) is 32.9 Å². The van der Waals surface area contributed by atoms with Crippen LogP contribution in [0.25, 0.3) is 0 Å². The number of ether oxygens (including phenoxy) is 7. The van der Waals surface area contributed by atoms with Gasteiger partial charge in [0.25, 0.3) is 5.91 Å². The molecular weight excluding hydrogens is 498 g/mol. The van der Waals surface area contributed by atoms with Crippen molar-refractivity contribution >= 4 is 5.91 Å². The highest BCUT2D eigenvalue weighted by atomic mass is 16.7. The van der Waals surface area contributed by atoms with Crippen LogP contribution in [0.2, 0.25) is 0 Å². The molecule has 38 heavy (non-hydrogen) atoms. The second-order valence-corrected chi connectivity index (χ2v) is 11.7. The highest BCUT2D eigenvalue weighted by Gasteiger charge is 2.57. The van der Waals surface area contributed by atoms with E-state index in [0.717, 1.165) is 18.4 Å². The van der Waals surface area contributed by atoms with Crippen LogP contribution in [-0.4, -0.2) is 98.2 Å². The number of amides is 1. The summed E-state index contributed by atoms with van der Waals surface area (Å²) < 4.78 is 41.5. The number of nitrogens with one attached hydrogen (secondary N) is 1. The molecule has 4 aliphatic heterocycles. The van der Waals surface area contributed by atoms with Crippen LogP contribution in [-0.2, 0) is 38.0 Å². The molecule has 1 amide bonds. The second kappa shape index (κ2) is 11.8. The van der Waals surface area contributed by atoms with E-state index in [0.29, 0.717) is 12.8 Å². The Labute approximate surface area is 225 Å². The van der Waals surface area contributed by atoms with Crippen LogP contribution in [0, 0.1) is 11.3 Å². The molecule has 3 N–H and O–H groups in total. The first-order valence-corrected chi connectivity index (χ1v) is 13.6. The molecule has 0 aromatic carbocycles. The van der Waals surface area contributed by atoms with Gasteiger partial charge < -0.3 is 48.7 Å². The van der Waals surface area contributed by atoms with Gasteiger partial charge >= 0.3 is 0 Å². The number of carbonyl (C=O) groups excluding carboxylic acids is 1. The number of aliphatic hydroxyl groups excluding tert-OH is 2. The summed E-state index contributed by atoms with van der Waals surface area (Å²) in [5.74, 6) is -2.22. The Balaban J connectivity index is 1.50. The number of methoxy groups -OCH3 is 2. The minimum atomic E-state index is -1.64. The Morgan fingerprint density at radius 3 is 2.55 bits per heavy atom. The Morgan fingerprint density at radius 1 is 1.18 bits per heavy atom. The molecule has 0 spiro atoms. The third kappa shape index (κ3) is 5.68. The number of rotatable bonds is 7. The summed E-state index contributed by atoms with van der Waals surface area (Å²) in [6, 6.07) is 0. The molecule has 218 valence electrons. The maximum Gasteiger partial charge on any atom is 0.256 e. The lowest BCUT2D eigenvalue weighted by Crippen LogP contribution is -2.69. The van der Waals surface area contributed by atoms with E-state index in [1.54, 1.807) is 7.11 Å². The molecule has 0 bridgehead atoms. The lowest BCUT2D eigenvalue weighted by atomic mass is 9.72. The van der Waals surface area contributed by atoms with Crippen molar-refractivity contribution in [2.45, 2.75) is 121 Å². The minimum absolute atomic E-state index is 0.0595. The van der Waals surface area contributed by atoms with Crippen molar-refractivity contribution in [2.75, 3.05) is 21.0 Å². The van der Waals surface area contributed by atoms with Crippen molar-refractivity contribution in [3.63, 3.8) is 0 Å². The highest BCUT2D eigenvalue weighted by molar-refractivity contribution is 5.82. The third-order valence-corrected chi connectivity index (χ3v) is 8.87. The van der Waals surface area contributed by atoms with Gasteiger partial charge in [-0.05, 0) is 26.2 Å². The fourth-order valence-electron chi connectivity index (χ4n) is 6.22. The van der Waals surface area contributed by atoms with Gasteiger partial charge in [-0.3, -0.25) is 4.79 Å². The summed E-state index contributed by atoms with van der Waals surface area (Å²) in [5, 5.41) is 23.9. The molecule has 4 heterocycles. The summed E-state index contributed by atoms with van der Waals surface area (Å²) in [5.41, 5.74) is 0.370. The van der Waals surface area contributed by atoms with Crippen LogP contribution < -0.4 is 5.32 Å². The number of aliphatic hydroxyl groups is 2. The Kier molecular flexibility index (Phi) is 9.23. The fourth-order valence-corrected chi connectivity index (χ4v) is 6.22. The lowest BCUT2D eigenvalue weighted by molar-refractivity contribution is -0.334. The Bertz CT molecular complexity index is 854. The third-order valence-electron chi connectivity index (χ3n) is 8.87. The van der Waals surface area contributed by atoms with Crippen molar-refractivity contribution in [3.8, 4) is 0 Å². The van der Waals surface area contributed by atoms with Crippen LogP contribution in [0.3, 0.4) is 0 Å². The molecule has 0 aromatic heterocycles. The molecule has 4 aliphatic rings. The zero-order valence-electron chi connectivity index (χ0n) is 23.4. The molecule has 11 unspecified atom stereocenters. The zero-order chi connectivity index (χ0) is 27.8. The van der Waals surface area contributed by atoms with E-state index < -0.39 is 47.9 Å². The highest BCUT2D eigenvalue weighted by Crippen LogP contribution is 2.44. The average Bonchev–Trinajstić information content (AvgIpc) is 2.87. The minimum Gasteiger partial charge on any atom is -0.378 e. The predicted molar refractivity (Wildman–Crippen MR) is 135 cm³/mol. The summed E-state index contributed by atoms with van der Waals surface area (Å²) >= 11 is 0. The van der Waals surface area contributed by atoms with E-state index in [2.05, 4.69) is 25.7 Å². The molecule has 0 aliphatic carbocycles. The van der Waals surface area contributed by atoms with Crippen LogP contribution in [0.1, 0.15) is 59.8 Å². The molecule has 4 rings (SSSR count). The lowest BCUT2D eigenvalue weighted by Gasteiger charge is -2.54. The van der Waals surface area contributed by atoms with Crippen LogP contribution >= 0.6 is 0 Å². The van der Waals surface area contributed by atoms with Gasteiger partial charge in [-0.2, -0.15) is 0 Å². The van der Waals surface area contributed by atoms with Crippen molar-refractivity contribution < 1.29 is 48.2 Å². The van der Waals surface area contributed by atoms with Crippen molar-refractivity contribution in [1.29, 1.82) is 0 Å². The monoisotopic (exact) mass is 543 g/mol. The maximum atomic E-state index is 13.4. The fraction of sp³-hybridized carbons (Fsp3) is 0.889. The van der Waals surface area contributed by atoms with Gasteiger partial charge in [-0.15, -0.1) is 0 Å². The Hall–Kier alpha value is -1.15. The van der Waals surface area contributed by atoms with Gasteiger partial charge in [-0.25, -0.2) is 0 Å². The van der Waals surface area contributed by atoms with Crippen LogP contribution in [0.15, 0.2) is 12.2 Å². The topological polar surface area (TPSA) is 134 Å². The zero-order valence-corrected chi connectivity index (χ0v) is 23.4. The number of carbonyl (C=O) groups is 1. The maximum absolute atomic E-state index is 13.4. The smallest absolute Gasteiger partial charge is 0.256 e. The summed E-state index contributed by atoms with van der Waals surface area (Å²) in [6.07, 6.45) is -2.72. The normalized spacial score (nSPS) is 44.2. The largest absolute Gasteiger partial charge is 0.378 e. The number of hydrogen-bond donors (Lipinski definition) is 3. The average molecular weight is 544 g/mol. The number of hydrogen-bond acceptors (Lipinski definition) is 10. The summed E-state index contributed by atoms with van der Waals surface area (Å²) in [4.78, 5) is 13.4. The van der Waals surface area contributed by atoms with Gasteiger partial charge in [0.1, 0.15) is 19.0 Å². The van der Waals surface area contributed by atoms with Crippen molar-refractivity contribution in [1.82, 2.24) is 5.32 Å². The Morgan fingerprint density at radius 2 is 1.92 bits per heavy atom. The van der Waals surface area contributed by atoms with Gasteiger partial charge in [0.2, 0.25) is 5.79 Å².